The van der Waals surface area contributed by atoms with Crippen LogP contribution in [0.5, 0.6) is 0 Å². The van der Waals surface area contributed by atoms with Gasteiger partial charge in [-0.1, -0.05) is 0 Å². The lowest BCUT2D eigenvalue weighted by atomic mass is 10.4. The highest BCUT2D eigenvalue weighted by Gasteiger charge is 2.07. The van der Waals surface area contributed by atoms with Crippen molar-refractivity contribution < 1.29 is 4.79 Å². The fourth-order valence-corrected chi connectivity index (χ4v) is 1.62. The van der Waals surface area contributed by atoms with E-state index in [-0.39, 0.29) is 12.3 Å². The monoisotopic (exact) mass is 248 g/mol. The molecule has 1 amide bonds. The zero-order valence-corrected chi connectivity index (χ0v) is 10.2. The molecule has 0 saturated carbocycles. The number of hydrogen-bond donors (Lipinski definition) is 3. The first kappa shape index (κ1) is 12.2. The third kappa shape index (κ3) is 2.68. The van der Waals surface area contributed by atoms with Crippen molar-refractivity contribution in [2.75, 3.05) is 23.7 Å². The van der Waals surface area contributed by atoms with Gasteiger partial charge in [0.2, 0.25) is 5.91 Å². The molecule has 0 saturated heterocycles. The molecular formula is C11H16N6O. The molecule has 7 heteroatoms. The molecule has 4 N–H and O–H groups in total. The Morgan fingerprint density at radius 3 is 3.06 bits per heavy atom. The minimum Gasteiger partial charge on any atom is -0.370 e. The van der Waals surface area contributed by atoms with E-state index < -0.39 is 0 Å². The molecule has 0 spiro atoms. The van der Waals surface area contributed by atoms with Crippen molar-refractivity contribution in [3.8, 4) is 0 Å². The van der Waals surface area contributed by atoms with E-state index in [4.69, 9.17) is 5.73 Å². The van der Waals surface area contributed by atoms with Gasteiger partial charge >= 0.3 is 0 Å². The van der Waals surface area contributed by atoms with Crippen LogP contribution in [-0.2, 0) is 4.79 Å². The third-order valence-electron chi connectivity index (χ3n) is 2.40. The summed E-state index contributed by atoms with van der Waals surface area (Å²) in [5, 5.41) is 6.21. The molecule has 96 valence electrons. The fraction of sp³-hybridized carbons (Fsp3) is 0.364. The number of hydrogen-bond acceptors (Lipinski definition) is 5. The minimum atomic E-state index is -0.343. The number of aromatic nitrogens is 3. The molecule has 0 aliphatic carbocycles. The van der Waals surface area contributed by atoms with E-state index >= 15 is 0 Å². The Morgan fingerprint density at radius 1 is 1.50 bits per heavy atom. The summed E-state index contributed by atoms with van der Waals surface area (Å²) in [5.41, 5.74) is 5.82. The van der Waals surface area contributed by atoms with Crippen LogP contribution in [0.2, 0.25) is 0 Å². The second kappa shape index (κ2) is 5.35. The SMILES string of the molecule is CCNc1cn2ccnc2c(NCCC(N)=O)n1. The summed E-state index contributed by atoms with van der Waals surface area (Å²) in [4.78, 5) is 19.3. The summed E-state index contributed by atoms with van der Waals surface area (Å²) in [6.45, 7) is 3.23. The van der Waals surface area contributed by atoms with Crippen LogP contribution in [0.1, 0.15) is 13.3 Å². The normalized spacial score (nSPS) is 10.5. The fourth-order valence-electron chi connectivity index (χ4n) is 1.62. The number of primary amides is 1. The van der Waals surface area contributed by atoms with Gasteiger partial charge in [-0.25, -0.2) is 9.97 Å². The van der Waals surface area contributed by atoms with E-state index in [2.05, 4.69) is 20.6 Å². The van der Waals surface area contributed by atoms with E-state index in [9.17, 15) is 4.79 Å². The summed E-state index contributed by atoms with van der Waals surface area (Å²) >= 11 is 0. The first-order valence-electron chi connectivity index (χ1n) is 5.80. The van der Waals surface area contributed by atoms with Crippen LogP contribution in [0.25, 0.3) is 5.65 Å². The van der Waals surface area contributed by atoms with Gasteiger partial charge in [-0.3, -0.25) is 4.79 Å². The largest absolute Gasteiger partial charge is 0.370 e. The van der Waals surface area contributed by atoms with Crippen LogP contribution < -0.4 is 16.4 Å². The first-order chi connectivity index (χ1) is 8.70. The Bertz CT molecular complexity index is 549. The van der Waals surface area contributed by atoms with Gasteiger partial charge in [-0.2, -0.15) is 0 Å². The molecule has 0 unspecified atom stereocenters. The van der Waals surface area contributed by atoms with Gasteiger partial charge < -0.3 is 20.8 Å². The molecule has 0 bridgehead atoms. The predicted octanol–water partition coefficient (Wildman–Crippen LogP) is 0.448. The van der Waals surface area contributed by atoms with E-state index in [0.29, 0.717) is 12.4 Å². The Labute approximate surface area is 104 Å². The molecule has 7 nitrogen and oxygen atoms in total. The van der Waals surface area contributed by atoms with Crippen LogP contribution >= 0.6 is 0 Å². The van der Waals surface area contributed by atoms with Crippen molar-refractivity contribution in [2.45, 2.75) is 13.3 Å². The lowest BCUT2D eigenvalue weighted by Gasteiger charge is -2.09. The van der Waals surface area contributed by atoms with E-state index in [0.717, 1.165) is 18.0 Å². The quantitative estimate of drug-likeness (QED) is 0.689. The summed E-state index contributed by atoms with van der Waals surface area (Å²) in [5.74, 6) is 1.05. The van der Waals surface area contributed by atoms with Crippen LogP contribution in [0.15, 0.2) is 18.6 Å². The number of nitrogens with two attached hydrogens (primary N) is 1. The van der Waals surface area contributed by atoms with Crippen molar-refractivity contribution in [1.82, 2.24) is 14.4 Å². The molecule has 0 aliphatic heterocycles. The zero-order chi connectivity index (χ0) is 13.0. The van der Waals surface area contributed by atoms with E-state index in [1.165, 1.54) is 0 Å². The molecule has 0 radical (unpaired) electrons. The van der Waals surface area contributed by atoms with Crippen LogP contribution in [0.3, 0.4) is 0 Å². The van der Waals surface area contributed by atoms with Crippen LogP contribution in [0, 0.1) is 0 Å². The number of fused-ring (bicyclic) bond motifs is 1. The Kier molecular flexibility index (Phi) is 3.61. The number of nitrogens with one attached hydrogen (secondary N) is 2. The molecule has 2 aromatic rings. The minimum absolute atomic E-state index is 0.264. The molecule has 2 heterocycles. The lowest BCUT2D eigenvalue weighted by molar-refractivity contribution is -0.117. The third-order valence-corrected chi connectivity index (χ3v) is 2.40. The van der Waals surface area contributed by atoms with Gasteiger partial charge in [0.25, 0.3) is 0 Å². The maximum absolute atomic E-state index is 10.7. The molecule has 2 rings (SSSR count). The average molecular weight is 248 g/mol. The number of amides is 1. The van der Waals surface area contributed by atoms with Gasteiger partial charge in [-0.15, -0.1) is 0 Å². The van der Waals surface area contributed by atoms with Gasteiger partial charge in [0, 0.05) is 31.9 Å². The van der Waals surface area contributed by atoms with E-state index in [1.807, 2.05) is 23.7 Å². The zero-order valence-electron chi connectivity index (χ0n) is 10.2. The van der Waals surface area contributed by atoms with Crippen molar-refractivity contribution in [3.63, 3.8) is 0 Å². The average Bonchev–Trinajstić information content (AvgIpc) is 2.77. The highest BCUT2D eigenvalue weighted by Crippen LogP contribution is 2.16. The highest BCUT2D eigenvalue weighted by molar-refractivity contribution is 5.74. The molecule has 2 aromatic heterocycles. The summed E-state index contributed by atoms with van der Waals surface area (Å²) in [7, 11) is 0. The number of rotatable bonds is 6. The molecule has 0 fully saturated rings. The van der Waals surface area contributed by atoms with Crippen molar-refractivity contribution >= 4 is 23.2 Å². The molecule has 0 atom stereocenters. The van der Waals surface area contributed by atoms with Gasteiger partial charge in [0.1, 0.15) is 5.82 Å². The highest BCUT2D eigenvalue weighted by atomic mass is 16.1. The van der Waals surface area contributed by atoms with Gasteiger partial charge in [-0.05, 0) is 6.92 Å². The molecule has 0 aromatic carbocycles. The second-order valence-electron chi connectivity index (χ2n) is 3.81. The maximum Gasteiger partial charge on any atom is 0.219 e. The van der Waals surface area contributed by atoms with E-state index in [1.54, 1.807) is 6.20 Å². The predicted molar refractivity (Wildman–Crippen MR) is 69.5 cm³/mol. The molecular weight excluding hydrogens is 232 g/mol. The Hall–Kier alpha value is -2.31. The van der Waals surface area contributed by atoms with Crippen LogP contribution in [0.4, 0.5) is 11.6 Å². The molecule has 18 heavy (non-hydrogen) atoms. The smallest absolute Gasteiger partial charge is 0.219 e. The van der Waals surface area contributed by atoms with Crippen molar-refractivity contribution in [3.05, 3.63) is 18.6 Å². The number of carbonyl (C=O) groups excluding carboxylic acids is 1. The van der Waals surface area contributed by atoms with Gasteiger partial charge in [0.15, 0.2) is 11.5 Å². The number of anilines is 2. The lowest BCUT2D eigenvalue weighted by Crippen LogP contribution is -2.17. The number of carbonyl (C=O) groups is 1. The first-order valence-corrected chi connectivity index (χ1v) is 5.80. The van der Waals surface area contributed by atoms with Crippen molar-refractivity contribution in [2.24, 2.45) is 5.73 Å². The molecule has 0 aliphatic rings. The summed E-state index contributed by atoms with van der Waals surface area (Å²) in [6.07, 6.45) is 5.67. The summed E-state index contributed by atoms with van der Waals surface area (Å²) in [6, 6.07) is 0. The maximum atomic E-state index is 10.7. The summed E-state index contributed by atoms with van der Waals surface area (Å²) < 4.78 is 1.87. The Balaban J connectivity index is 2.22. The number of nitrogens with zero attached hydrogens (tertiary/aromatic N) is 3. The standard InChI is InChI=1S/C11H16N6O/c1-2-13-9-7-17-6-5-15-11(17)10(16-9)14-4-3-8(12)18/h5-7,13H,2-4H2,1H3,(H2,12,18)(H,14,16). The van der Waals surface area contributed by atoms with Crippen molar-refractivity contribution in [1.29, 1.82) is 0 Å². The van der Waals surface area contributed by atoms with Gasteiger partial charge in [0.05, 0.1) is 6.20 Å². The van der Waals surface area contributed by atoms with Crippen LogP contribution in [-0.4, -0.2) is 33.4 Å². The Morgan fingerprint density at radius 2 is 2.33 bits per heavy atom. The topological polar surface area (TPSA) is 97.3 Å². The second-order valence-corrected chi connectivity index (χ2v) is 3.81. The number of imidazole rings is 1.